The fourth-order valence-electron chi connectivity index (χ4n) is 1.32. The van der Waals surface area contributed by atoms with E-state index in [4.69, 9.17) is 5.11 Å². The van der Waals surface area contributed by atoms with Gasteiger partial charge in [0, 0.05) is 18.8 Å². The van der Waals surface area contributed by atoms with Gasteiger partial charge in [-0.3, -0.25) is 4.79 Å². The molecular formula is C12H14O2S. The monoisotopic (exact) mass is 222 g/mol. The molecule has 0 fully saturated rings. The van der Waals surface area contributed by atoms with Gasteiger partial charge in [-0.05, 0) is 17.8 Å². The van der Waals surface area contributed by atoms with Gasteiger partial charge in [-0.1, -0.05) is 37.3 Å². The second-order valence-corrected chi connectivity index (χ2v) is 4.06. The molecule has 1 rings (SSSR count). The third kappa shape index (κ3) is 4.21. The molecule has 0 saturated heterocycles. The highest BCUT2D eigenvalue weighted by atomic mass is 32.1. The van der Waals surface area contributed by atoms with E-state index in [-0.39, 0.29) is 16.8 Å². The van der Waals surface area contributed by atoms with E-state index in [0.29, 0.717) is 12.8 Å². The van der Waals surface area contributed by atoms with Crippen molar-refractivity contribution >= 4 is 23.1 Å². The van der Waals surface area contributed by atoms with Gasteiger partial charge >= 0.3 is 0 Å². The minimum Gasteiger partial charge on any atom is -0.502 e. The lowest BCUT2D eigenvalue weighted by Gasteiger charge is -2.06. The average molecular weight is 222 g/mol. The zero-order valence-corrected chi connectivity index (χ0v) is 9.46. The van der Waals surface area contributed by atoms with E-state index in [1.807, 2.05) is 30.3 Å². The molecule has 1 unspecified atom stereocenters. The number of ketones is 1. The Morgan fingerprint density at radius 3 is 2.53 bits per heavy atom. The molecule has 1 N–H and O–H groups in total. The van der Waals surface area contributed by atoms with Gasteiger partial charge in [0.05, 0.1) is 0 Å². The predicted octanol–water partition coefficient (Wildman–Crippen LogP) is 2.71. The number of carbonyl (C=O) groups is 1. The normalized spacial score (nSPS) is 12.1. The van der Waals surface area contributed by atoms with Gasteiger partial charge in [0.1, 0.15) is 5.78 Å². The maximum atomic E-state index is 11.6. The second kappa shape index (κ2) is 5.61. The van der Waals surface area contributed by atoms with Gasteiger partial charge < -0.3 is 5.11 Å². The SMILES string of the molecule is CC(CC(=O)Cc1ccccc1)C(O)=S. The summed E-state index contributed by atoms with van der Waals surface area (Å²) in [6, 6.07) is 9.56. The van der Waals surface area contributed by atoms with Crippen molar-refractivity contribution < 1.29 is 9.90 Å². The Labute approximate surface area is 94.9 Å². The zero-order valence-electron chi connectivity index (χ0n) is 8.64. The molecule has 1 aromatic rings. The Kier molecular flexibility index (Phi) is 4.43. The van der Waals surface area contributed by atoms with E-state index in [0.717, 1.165) is 5.56 Å². The van der Waals surface area contributed by atoms with Crippen LogP contribution in [0.15, 0.2) is 30.3 Å². The van der Waals surface area contributed by atoms with Gasteiger partial charge in [-0.25, -0.2) is 0 Å². The average Bonchev–Trinajstić information content (AvgIpc) is 2.18. The van der Waals surface area contributed by atoms with Gasteiger partial charge in [-0.2, -0.15) is 0 Å². The van der Waals surface area contributed by atoms with Crippen molar-refractivity contribution in [3.63, 3.8) is 0 Å². The van der Waals surface area contributed by atoms with Crippen LogP contribution in [0.5, 0.6) is 0 Å². The van der Waals surface area contributed by atoms with Crippen molar-refractivity contribution in [1.82, 2.24) is 0 Å². The van der Waals surface area contributed by atoms with Crippen molar-refractivity contribution in [1.29, 1.82) is 0 Å². The predicted molar refractivity (Wildman–Crippen MR) is 64.2 cm³/mol. The Morgan fingerprint density at radius 2 is 2.00 bits per heavy atom. The molecule has 80 valence electrons. The fraction of sp³-hybridized carbons (Fsp3) is 0.333. The zero-order chi connectivity index (χ0) is 11.3. The van der Waals surface area contributed by atoms with Crippen molar-refractivity contribution in [2.24, 2.45) is 5.92 Å². The highest BCUT2D eigenvalue weighted by Crippen LogP contribution is 2.08. The second-order valence-electron chi connectivity index (χ2n) is 3.64. The van der Waals surface area contributed by atoms with E-state index >= 15 is 0 Å². The Morgan fingerprint density at radius 1 is 1.40 bits per heavy atom. The minimum absolute atomic E-state index is 0.0867. The van der Waals surface area contributed by atoms with Crippen molar-refractivity contribution in [2.45, 2.75) is 19.8 Å². The molecule has 0 aliphatic heterocycles. The molecule has 3 heteroatoms. The summed E-state index contributed by atoms with van der Waals surface area (Å²) < 4.78 is 0. The van der Waals surface area contributed by atoms with Crippen LogP contribution in [0.2, 0.25) is 0 Å². The number of hydrogen-bond donors (Lipinski definition) is 1. The van der Waals surface area contributed by atoms with E-state index in [9.17, 15) is 4.79 Å². The van der Waals surface area contributed by atoms with Crippen LogP contribution in [-0.2, 0) is 11.2 Å². The minimum atomic E-state index is -0.226. The smallest absolute Gasteiger partial charge is 0.159 e. The molecule has 1 aromatic carbocycles. The Bertz CT molecular complexity index is 346. The summed E-state index contributed by atoms with van der Waals surface area (Å²) in [5.74, 6) is -0.124. The van der Waals surface area contributed by atoms with E-state index < -0.39 is 0 Å². The molecular weight excluding hydrogens is 208 g/mol. The lowest BCUT2D eigenvalue weighted by molar-refractivity contribution is -0.118. The maximum absolute atomic E-state index is 11.6. The van der Waals surface area contributed by atoms with E-state index in [2.05, 4.69) is 12.2 Å². The molecule has 2 nitrogen and oxygen atoms in total. The van der Waals surface area contributed by atoms with Gasteiger partial charge in [0.2, 0.25) is 0 Å². The standard InChI is InChI=1S/C12H14O2S/c1-9(12(14)15)7-11(13)8-10-5-3-2-4-6-10/h2-6,9H,7-8H2,1H3,(H,14,15). The van der Waals surface area contributed by atoms with Gasteiger partial charge in [-0.15, -0.1) is 0 Å². The molecule has 0 heterocycles. The number of aliphatic hydroxyl groups excluding tert-OH is 1. The summed E-state index contributed by atoms with van der Waals surface area (Å²) in [6.07, 6.45) is 0.720. The summed E-state index contributed by atoms with van der Waals surface area (Å²) in [6.45, 7) is 1.76. The van der Waals surface area contributed by atoms with Crippen LogP contribution in [0.3, 0.4) is 0 Å². The quantitative estimate of drug-likeness (QED) is 0.778. The molecule has 0 bridgehead atoms. The first-order valence-electron chi connectivity index (χ1n) is 4.88. The van der Waals surface area contributed by atoms with E-state index in [1.54, 1.807) is 6.92 Å². The third-order valence-electron chi connectivity index (χ3n) is 2.20. The molecule has 0 aliphatic carbocycles. The van der Waals surface area contributed by atoms with Gasteiger partial charge in [0.15, 0.2) is 5.05 Å². The van der Waals surface area contributed by atoms with Crippen LogP contribution in [0.1, 0.15) is 18.9 Å². The van der Waals surface area contributed by atoms with Crippen LogP contribution >= 0.6 is 12.2 Å². The van der Waals surface area contributed by atoms with Crippen molar-refractivity contribution in [3.05, 3.63) is 35.9 Å². The first-order chi connectivity index (χ1) is 7.09. The highest BCUT2D eigenvalue weighted by Gasteiger charge is 2.12. The molecule has 0 spiro atoms. The maximum Gasteiger partial charge on any atom is 0.159 e. The largest absolute Gasteiger partial charge is 0.502 e. The number of benzene rings is 1. The summed E-state index contributed by atoms with van der Waals surface area (Å²) in [4.78, 5) is 11.6. The number of thiocarbonyl (C=S) groups is 1. The summed E-state index contributed by atoms with van der Waals surface area (Å²) in [7, 11) is 0. The van der Waals surface area contributed by atoms with Crippen LogP contribution in [0, 0.1) is 5.92 Å². The summed E-state index contributed by atoms with van der Waals surface area (Å²) in [5, 5.41) is 8.93. The van der Waals surface area contributed by atoms with Crippen LogP contribution in [0.25, 0.3) is 0 Å². The highest BCUT2D eigenvalue weighted by molar-refractivity contribution is 7.80. The number of Topliss-reactive ketones (excluding diaryl/α,β-unsaturated/α-hetero) is 1. The fourth-order valence-corrected chi connectivity index (χ4v) is 1.41. The number of hydrogen-bond acceptors (Lipinski definition) is 2. The molecule has 0 saturated carbocycles. The molecule has 0 aliphatic rings. The Balaban J connectivity index is 2.47. The molecule has 15 heavy (non-hydrogen) atoms. The van der Waals surface area contributed by atoms with Crippen LogP contribution in [-0.4, -0.2) is 15.9 Å². The van der Waals surface area contributed by atoms with Crippen molar-refractivity contribution in [2.75, 3.05) is 0 Å². The lowest BCUT2D eigenvalue weighted by atomic mass is 10.0. The van der Waals surface area contributed by atoms with Crippen molar-refractivity contribution in [3.8, 4) is 0 Å². The summed E-state index contributed by atoms with van der Waals surface area (Å²) >= 11 is 4.60. The topological polar surface area (TPSA) is 37.3 Å². The first kappa shape index (κ1) is 11.9. The summed E-state index contributed by atoms with van der Waals surface area (Å²) in [5.41, 5.74) is 0.999. The van der Waals surface area contributed by atoms with Gasteiger partial charge in [0.25, 0.3) is 0 Å². The van der Waals surface area contributed by atoms with Crippen LogP contribution in [0.4, 0.5) is 0 Å². The molecule has 0 radical (unpaired) electrons. The Hall–Kier alpha value is -1.22. The third-order valence-corrected chi connectivity index (χ3v) is 2.60. The molecule has 0 aromatic heterocycles. The number of rotatable bonds is 5. The first-order valence-corrected chi connectivity index (χ1v) is 5.29. The number of aliphatic hydroxyl groups is 1. The van der Waals surface area contributed by atoms with E-state index in [1.165, 1.54) is 0 Å². The lowest BCUT2D eigenvalue weighted by Crippen LogP contribution is -2.14. The van der Waals surface area contributed by atoms with Crippen LogP contribution < -0.4 is 0 Å². The molecule has 1 atom stereocenters. The number of carbonyl (C=O) groups excluding carboxylic acids is 1. The molecule has 0 amide bonds.